The minimum absolute atomic E-state index is 0.159. The van der Waals surface area contributed by atoms with E-state index in [-0.39, 0.29) is 5.41 Å². The highest BCUT2D eigenvalue weighted by atomic mass is 35.5. The van der Waals surface area contributed by atoms with Gasteiger partial charge in [0, 0.05) is 22.2 Å². The van der Waals surface area contributed by atoms with Crippen LogP contribution < -0.4 is 10.6 Å². The lowest BCUT2D eigenvalue weighted by Gasteiger charge is -2.12. The first-order valence-electron chi connectivity index (χ1n) is 6.57. The third-order valence-corrected chi connectivity index (χ3v) is 3.33. The van der Waals surface area contributed by atoms with Crippen molar-refractivity contribution in [1.82, 2.24) is 5.16 Å². The smallest absolute Gasteiger partial charge is 0.324 e. The number of rotatable bonds is 2. The van der Waals surface area contributed by atoms with Crippen LogP contribution in [0.5, 0.6) is 0 Å². The molecule has 1 aromatic heterocycles. The zero-order valence-corrected chi connectivity index (χ0v) is 13.2. The maximum absolute atomic E-state index is 11.9. The first kappa shape index (κ1) is 15.4. The molecule has 6 heteroatoms. The van der Waals surface area contributed by atoms with Gasteiger partial charge in [-0.05, 0) is 24.6 Å². The van der Waals surface area contributed by atoms with Crippen molar-refractivity contribution in [3.8, 4) is 0 Å². The van der Waals surface area contributed by atoms with Crippen molar-refractivity contribution >= 4 is 29.1 Å². The average Bonchev–Trinajstić information content (AvgIpc) is 2.82. The number of anilines is 2. The predicted octanol–water partition coefficient (Wildman–Crippen LogP) is 4.58. The van der Waals surface area contributed by atoms with Crippen LogP contribution >= 0.6 is 11.6 Å². The van der Waals surface area contributed by atoms with Crippen LogP contribution in [0.2, 0.25) is 5.02 Å². The molecular formula is C15H18ClN3O2. The van der Waals surface area contributed by atoms with Gasteiger partial charge < -0.3 is 9.84 Å². The van der Waals surface area contributed by atoms with Gasteiger partial charge in [-0.2, -0.15) is 0 Å². The first-order valence-corrected chi connectivity index (χ1v) is 6.95. The third kappa shape index (κ3) is 3.98. The Balaban J connectivity index is 2.01. The van der Waals surface area contributed by atoms with Crippen LogP contribution in [-0.2, 0) is 5.41 Å². The molecule has 2 N–H and O–H groups in total. The summed E-state index contributed by atoms with van der Waals surface area (Å²) < 4.78 is 5.20. The SMILES string of the molecule is Cc1ccc(NC(=O)Nc2cc(C(C)(C)C)on2)cc1Cl. The van der Waals surface area contributed by atoms with Crippen LogP contribution in [0.25, 0.3) is 0 Å². The number of nitrogens with zero attached hydrogens (tertiary/aromatic N) is 1. The zero-order chi connectivity index (χ0) is 15.6. The van der Waals surface area contributed by atoms with E-state index < -0.39 is 6.03 Å². The summed E-state index contributed by atoms with van der Waals surface area (Å²) in [6.07, 6.45) is 0. The summed E-state index contributed by atoms with van der Waals surface area (Å²) >= 11 is 6.01. The van der Waals surface area contributed by atoms with Crippen LogP contribution in [-0.4, -0.2) is 11.2 Å². The zero-order valence-electron chi connectivity index (χ0n) is 12.5. The highest BCUT2D eigenvalue weighted by molar-refractivity contribution is 6.31. The van der Waals surface area contributed by atoms with E-state index in [0.29, 0.717) is 22.3 Å². The molecule has 0 saturated carbocycles. The quantitative estimate of drug-likeness (QED) is 0.853. The van der Waals surface area contributed by atoms with E-state index in [0.717, 1.165) is 5.56 Å². The minimum atomic E-state index is -0.399. The predicted molar refractivity (Wildman–Crippen MR) is 84.0 cm³/mol. The standard InChI is InChI=1S/C15H18ClN3O2/c1-9-5-6-10(7-11(9)16)17-14(20)18-13-8-12(21-19-13)15(2,3)4/h5-8H,1-4H3,(H2,17,18,19,20). The lowest BCUT2D eigenvalue weighted by Crippen LogP contribution is -2.19. The molecule has 1 heterocycles. The van der Waals surface area contributed by atoms with Gasteiger partial charge in [-0.15, -0.1) is 0 Å². The number of hydrogen-bond donors (Lipinski definition) is 2. The van der Waals surface area contributed by atoms with E-state index in [2.05, 4.69) is 15.8 Å². The molecule has 0 aliphatic carbocycles. The molecule has 2 rings (SSSR count). The normalized spacial score (nSPS) is 11.3. The van der Waals surface area contributed by atoms with Crippen molar-refractivity contribution in [2.45, 2.75) is 33.1 Å². The summed E-state index contributed by atoms with van der Waals surface area (Å²) in [7, 11) is 0. The Kier molecular flexibility index (Phi) is 4.23. The molecule has 0 fully saturated rings. The largest absolute Gasteiger partial charge is 0.359 e. The Labute approximate surface area is 128 Å². The Morgan fingerprint density at radius 3 is 2.52 bits per heavy atom. The Bertz CT molecular complexity index is 659. The van der Waals surface area contributed by atoms with E-state index in [1.807, 2.05) is 33.8 Å². The van der Waals surface area contributed by atoms with Crippen LogP contribution in [0.1, 0.15) is 32.1 Å². The van der Waals surface area contributed by atoms with Crippen LogP contribution in [0.4, 0.5) is 16.3 Å². The fourth-order valence-corrected chi connectivity index (χ4v) is 1.82. The Morgan fingerprint density at radius 1 is 1.24 bits per heavy atom. The summed E-state index contributed by atoms with van der Waals surface area (Å²) in [4.78, 5) is 11.9. The molecule has 0 aliphatic rings. The molecule has 5 nitrogen and oxygen atoms in total. The number of nitrogens with one attached hydrogen (secondary N) is 2. The maximum atomic E-state index is 11.9. The summed E-state index contributed by atoms with van der Waals surface area (Å²) in [5.74, 6) is 1.08. The molecule has 2 amide bonds. The lowest BCUT2D eigenvalue weighted by atomic mass is 9.93. The molecule has 0 spiro atoms. The second kappa shape index (κ2) is 5.77. The van der Waals surface area contributed by atoms with Gasteiger partial charge in [-0.25, -0.2) is 4.79 Å². The van der Waals surface area contributed by atoms with Gasteiger partial charge >= 0.3 is 6.03 Å². The van der Waals surface area contributed by atoms with Gasteiger partial charge in [-0.3, -0.25) is 5.32 Å². The molecule has 0 radical (unpaired) electrons. The number of halogens is 1. The number of benzene rings is 1. The summed E-state index contributed by atoms with van der Waals surface area (Å²) in [6, 6.07) is 6.63. The van der Waals surface area contributed by atoms with Gasteiger partial charge in [0.25, 0.3) is 0 Å². The second-order valence-electron chi connectivity index (χ2n) is 5.87. The first-order chi connectivity index (χ1) is 9.75. The summed E-state index contributed by atoms with van der Waals surface area (Å²) in [6.45, 7) is 7.92. The van der Waals surface area contributed by atoms with E-state index in [1.165, 1.54) is 0 Å². The molecule has 112 valence electrons. The van der Waals surface area contributed by atoms with E-state index >= 15 is 0 Å². The topological polar surface area (TPSA) is 67.2 Å². The number of aryl methyl sites for hydroxylation is 1. The molecule has 0 bridgehead atoms. The van der Waals surface area contributed by atoms with Crippen molar-refractivity contribution in [2.24, 2.45) is 0 Å². The molecule has 21 heavy (non-hydrogen) atoms. The molecular weight excluding hydrogens is 290 g/mol. The van der Waals surface area contributed by atoms with Crippen molar-refractivity contribution in [3.05, 3.63) is 40.6 Å². The summed E-state index contributed by atoms with van der Waals surface area (Å²) in [5, 5.41) is 9.73. The fraction of sp³-hybridized carbons (Fsp3) is 0.333. The van der Waals surface area contributed by atoms with E-state index in [4.69, 9.17) is 16.1 Å². The Morgan fingerprint density at radius 2 is 1.95 bits per heavy atom. The van der Waals surface area contributed by atoms with E-state index in [9.17, 15) is 4.79 Å². The molecule has 0 atom stereocenters. The van der Waals surface area contributed by atoms with Gasteiger partial charge in [0.1, 0.15) is 5.76 Å². The highest BCUT2D eigenvalue weighted by Crippen LogP contribution is 2.24. The fourth-order valence-electron chi connectivity index (χ4n) is 1.64. The Hall–Kier alpha value is -2.01. The number of amides is 2. The highest BCUT2D eigenvalue weighted by Gasteiger charge is 2.20. The average molecular weight is 308 g/mol. The monoisotopic (exact) mass is 307 g/mol. The maximum Gasteiger partial charge on any atom is 0.324 e. The summed E-state index contributed by atoms with van der Waals surface area (Å²) in [5.41, 5.74) is 1.41. The third-order valence-electron chi connectivity index (χ3n) is 2.92. The number of carbonyl (C=O) groups excluding carboxylic acids is 1. The number of urea groups is 1. The minimum Gasteiger partial charge on any atom is -0.359 e. The van der Waals surface area contributed by atoms with Crippen molar-refractivity contribution in [1.29, 1.82) is 0 Å². The van der Waals surface area contributed by atoms with Crippen LogP contribution in [0, 0.1) is 6.92 Å². The molecule has 1 aromatic carbocycles. The van der Waals surface area contributed by atoms with Gasteiger partial charge in [0.15, 0.2) is 5.82 Å². The molecule has 0 aliphatic heterocycles. The second-order valence-corrected chi connectivity index (χ2v) is 6.28. The molecule has 0 saturated heterocycles. The van der Waals surface area contributed by atoms with Crippen LogP contribution in [0.3, 0.4) is 0 Å². The van der Waals surface area contributed by atoms with E-state index in [1.54, 1.807) is 18.2 Å². The molecule has 2 aromatic rings. The van der Waals surface area contributed by atoms with Crippen LogP contribution in [0.15, 0.2) is 28.8 Å². The van der Waals surface area contributed by atoms with Crippen molar-refractivity contribution < 1.29 is 9.32 Å². The van der Waals surface area contributed by atoms with Crippen molar-refractivity contribution in [3.63, 3.8) is 0 Å². The van der Waals surface area contributed by atoms with Gasteiger partial charge in [0.05, 0.1) is 0 Å². The number of hydrogen-bond acceptors (Lipinski definition) is 3. The lowest BCUT2D eigenvalue weighted by molar-refractivity contribution is 0.262. The van der Waals surface area contributed by atoms with Gasteiger partial charge in [-0.1, -0.05) is 43.6 Å². The number of carbonyl (C=O) groups is 1. The van der Waals surface area contributed by atoms with Gasteiger partial charge in [0.2, 0.25) is 0 Å². The van der Waals surface area contributed by atoms with Crippen molar-refractivity contribution in [2.75, 3.05) is 10.6 Å². The molecule has 0 unspecified atom stereocenters. The number of aromatic nitrogens is 1.